The second kappa shape index (κ2) is 12.1. The van der Waals surface area contributed by atoms with E-state index in [9.17, 15) is 14.9 Å². The monoisotopic (exact) mass is 643 g/mol. The van der Waals surface area contributed by atoms with Crippen LogP contribution in [0.5, 0.6) is 5.75 Å². The van der Waals surface area contributed by atoms with Crippen molar-refractivity contribution in [3.8, 4) is 23.0 Å². The summed E-state index contributed by atoms with van der Waals surface area (Å²) < 4.78 is 15.3. The van der Waals surface area contributed by atoms with Crippen LogP contribution in [0.15, 0.2) is 117 Å². The van der Waals surface area contributed by atoms with Crippen LogP contribution in [0.2, 0.25) is 5.02 Å². The van der Waals surface area contributed by atoms with E-state index < -0.39 is 4.92 Å². The minimum Gasteiger partial charge on any atom is -0.489 e. The summed E-state index contributed by atoms with van der Waals surface area (Å²) in [5, 5.41) is 17.3. The van der Waals surface area contributed by atoms with E-state index in [0.717, 1.165) is 33.6 Å². The molecule has 0 N–H and O–H groups in total. The molecule has 3 aromatic heterocycles. The van der Waals surface area contributed by atoms with Crippen molar-refractivity contribution >= 4 is 45.4 Å². The molecule has 0 aliphatic heterocycles. The molecule has 0 amide bonds. The largest absolute Gasteiger partial charge is 0.489 e. The van der Waals surface area contributed by atoms with Crippen LogP contribution in [0, 0.1) is 24.0 Å². The topological polar surface area (TPSA) is 118 Å². The first-order valence-electron chi connectivity index (χ1n) is 14.7. The molecule has 0 aliphatic rings. The molecule has 232 valence electrons. The quantitative estimate of drug-likeness (QED) is 0.0935. The number of aromatic nitrogens is 3. The molecule has 0 unspecified atom stereocenters. The van der Waals surface area contributed by atoms with E-state index >= 15 is 0 Å². The lowest BCUT2D eigenvalue weighted by molar-refractivity contribution is -0.384. The standard InChI is InChI=1S/C36H26ClN5O5/c1-22-17-26(23(2)40(22)28-12-14-30(15-13-28)46-21-24-7-10-29(11-8-24)42(44)45)20-38-41-35(39-32-6-4-3-5-31(32)36(41)43)34-19-25-18-27(37)9-16-33(25)47-34/h3-20H,21H2,1-2H3. The summed E-state index contributed by atoms with van der Waals surface area (Å²) in [5.74, 6) is 1.33. The number of furan rings is 1. The van der Waals surface area contributed by atoms with Crippen molar-refractivity contribution in [2.75, 3.05) is 0 Å². The molecule has 10 nitrogen and oxygen atoms in total. The molecule has 0 radical (unpaired) electrons. The van der Waals surface area contributed by atoms with E-state index in [1.54, 1.807) is 60.8 Å². The second-order valence-electron chi connectivity index (χ2n) is 11.0. The Hall–Kier alpha value is -6.00. The van der Waals surface area contributed by atoms with Crippen molar-refractivity contribution in [3.63, 3.8) is 0 Å². The number of nitro benzene ring substituents is 1. The molecular weight excluding hydrogens is 618 g/mol. The summed E-state index contributed by atoms with van der Waals surface area (Å²) in [6.45, 7) is 4.27. The van der Waals surface area contributed by atoms with Gasteiger partial charge >= 0.3 is 0 Å². The summed E-state index contributed by atoms with van der Waals surface area (Å²) >= 11 is 6.20. The molecule has 0 bridgehead atoms. The molecule has 4 aromatic carbocycles. The van der Waals surface area contributed by atoms with Crippen molar-refractivity contribution in [1.29, 1.82) is 0 Å². The third-order valence-electron chi connectivity index (χ3n) is 7.88. The van der Waals surface area contributed by atoms with Crippen LogP contribution in [0.4, 0.5) is 5.69 Å². The van der Waals surface area contributed by atoms with Crippen molar-refractivity contribution in [2.24, 2.45) is 5.10 Å². The maximum atomic E-state index is 13.7. The van der Waals surface area contributed by atoms with Gasteiger partial charge in [0, 0.05) is 45.2 Å². The fourth-order valence-electron chi connectivity index (χ4n) is 5.52. The predicted octanol–water partition coefficient (Wildman–Crippen LogP) is 8.24. The van der Waals surface area contributed by atoms with Gasteiger partial charge in [-0.2, -0.15) is 9.78 Å². The fraction of sp³-hybridized carbons (Fsp3) is 0.0833. The van der Waals surface area contributed by atoms with Crippen molar-refractivity contribution in [2.45, 2.75) is 20.5 Å². The molecule has 0 spiro atoms. The van der Waals surface area contributed by atoms with E-state index in [-0.39, 0.29) is 23.7 Å². The maximum Gasteiger partial charge on any atom is 0.282 e. The Morgan fingerprint density at radius 2 is 1.74 bits per heavy atom. The summed E-state index contributed by atoms with van der Waals surface area (Å²) in [4.78, 5) is 28.9. The molecule has 47 heavy (non-hydrogen) atoms. The highest BCUT2D eigenvalue weighted by Crippen LogP contribution is 2.29. The molecule has 7 aromatic rings. The predicted molar refractivity (Wildman–Crippen MR) is 182 cm³/mol. The summed E-state index contributed by atoms with van der Waals surface area (Å²) in [6, 6.07) is 30.2. The molecule has 11 heteroatoms. The summed E-state index contributed by atoms with van der Waals surface area (Å²) in [5.41, 5.74) is 5.35. The third kappa shape index (κ3) is 5.78. The number of hydrogen-bond donors (Lipinski definition) is 0. The van der Waals surface area contributed by atoms with Gasteiger partial charge in [-0.15, -0.1) is 0 Å². The molecule has 0 fully saturated rings. The number of benzene rings is 4. The zero-order valence-corrected chi connectivity index (χ0v) is 26.0. The average molecular weight is 644 g/mol. The van der Waals surface area contributed by atoms with Crippen LogP contribution in [0.1, 0.15) is 22.5 Å². The zero-order chi connectivity index (χ0) is 32.7. The molecular formula is C36H26ClN5O5. The van der Waals surface area contributed by atoms with E-state index in [1.807, 2.05) is 50.2 Å². The van der Waals surface area contributed by atoms with E-state index in [4.69, 9.17) is 25.7 Å². The fourth-order valence-corrected chi connectivity index (χ4v) is 5.70. The van der Waals surface area contributed by atoms with Gasteiger partial charge in [0.2, 0.25) is 5.82 Å². The van der Waals surface area contributed by atoms with Gasteiger partial charge in [-0.25, -0.2) is 4.98 Å². The Labute approximate surface area is 272 Å². The van der Waals surface area contributed by atoms with Gasteiger partial charge in [0.15, 0.2) is 5.76 Å². The van der Waals surface area contributed by atoms with Gasteiger partial charge in [0.25, 0.3) is 11.2 Å². The molecule has 3 heterocycles. The highest BCUT2D eigenvalue weighted by atomic mass is 35.5. The lowest BCUT2D eigenvalue weighted by atomic mass is 10.2. The normalized spacial score (nSPS) is 11.6. The Balaban J connectivity index is 1.18. The molecule has 7 rings (SSSR count). The van der Waals surface area contributed by atoms with Crippen molar-refractivity contribution < 1.29 is 14.1 Å². The van der Waals surface area contributed by atoms with Crippen molar-refractivity contribution in [3.05, 3.63) is 151 Å². The van der Waals surface area contributed by atoms with Gasteiger partial charge in [-0.3, -0.25) is 14.9 Å². The maximum absolute atomic E-state index is 13.7. The van der Waals surface area contributed by atoms with E-state index in [0.29, 0.717) is 33.0 Å². The minimum atomic E-state index is -0.428. The Kier molecular flexibility index (Phi) is 7.63. The number of aryl methyl sites for hydroxylation is 1. The number of rotatable bonds is 8. The number of nitrogens with zero attached hydrogens (tertiary/aromatic N) is 5. The van der Waals surface area contributed by atoms with Crippen LogP contribution in [0.3, 0.4) is 0 Å². The van der Waals surface area contributed by atoms with Gasteiger partial charge < -0.3 is 13.7 Å². The first-order chi connectivity index (χ1) is 22.7. The number of nitro groups is 1. The number of fused-ring (bicyclic) bond motifs is 2. The van der Waals surface area contributed by atoms with E-state index in [2.05, 4.69) is 9.67 Å². The van der Waals surface area contributed by atoms with Gasteiger partial charge in [-0.05, 0) is 98.3 Å². The number of halogens is 1. The van der Waals surface area contributed by atoms with Crippen LogP contribution in [0.25, 0.3) is 39.1 Å². The SMILES string of the molecule is Cc1cc(C=Nn2c(-c3cc4cc(Cl)ccc4o3)nc3ccccc3c2=O)c(C)n1-c1ccc(OCc2ccc([N+](=O)[O-])cc2)cc1. The third-order valence-corrected chi connectivity index (χ3v) is 8.12. The summed E-state index contributed by atoms with van der Waals surface area (Å²) in [6.07, 6.45) is 1.65. The average Bonchev–Trinajstić information content (AvgIpc) is 3.62. The van der Waals surface area contributed by atoms with Crippen LogP contribution < -0.4 is 10.3 Å². The van der Waals surface area contributed by atoms with Gasteiger partial charge in [0.1, 0.15) is 17.9 Å². The highest BCUT2D eigenvalue weighted by molar-refractivity contribution is 6.31. The number of para-hydroxylation sites is 1. The van der Waals surface area contributed by atoms with Crippen LogP contribution in [-0.4, -0.2) is 25.4 Å². The first kappa shape index (κ1) is 29.7. The molecule has 0 saturated heterocycles. The zero-order valence-electron chi connectivity index (χ0n) is 25.3. The van der Waals surface area contributed by atoms with Crippen LogP contribution in [-0.2, 0) is 6.61 Å². The first-order valence-corrected chi connectivity index (χ1v) is 15.0. The minimum absolute atomic E-state index is 0.0402. The summed E-state index contributed by atoms with van der Waals surface area (Å²) in [7, 11) is 0. The number of non-ortho nitro benzene ring substituents is 1. The Morgan fingerprint density at radius 3 is 2.51 bits per heavy atom. The number of hydrogen-bond acceptors (Lipinski definition) is 7. The second-order valence-corrected chi connectivity index (χ2v) is 11.4. The Bertz CT molecular complexity index is 2390. The highest BCUT2D eigenvalue weighted by Gasteiger charge is 2.17. The van der Waals surface area contributed by atoms with Gasteiger partial charge in [-0.1, -0.05) is 23.7 Å². The molecule has 0 aliphatic carbocycles. The van der Waals surface area contributed by atoms with Gasteiger partial charge in [0.05, 0.1) is 22.0 Å². The lowest BCUT2D eigenvalue weighted by Gasteiger charge is -2.11. The lowest BCUT2D eigenvalue weighted by Crippen LogP contribution is -2.20. The molecule has 0 saturated carbocycles. The number of ether oxygens (including phenoxy) is 1. The van der Waals surface area contributed by atoms with Crippen molar-refractivity contribution in [1.82, 2.24) is 14.2 Å². The Morgan fingerprint density at radius 1 is 0.979 bits per heavy atom. The van der Waals surface area contributed by atoms with Crippen LogP contribution >= 0.6 is 11.6 Å². The van der Waals surface area contributed by atoms with E-state index in [1.165, 1.54) is 16.8 Å². The molecule has 0 atom stereocenters. The smallest absolute Gasteiger partial charge is 0.282 e.